The Hall–Kier alpha value is -2.17. The Morgan fingerprint density at radius 3 is 2.31 bits per heavy atom. The van der Waals surface area contributed by atoms with Gasteiger partial charge in [-0.1, -0.05) is 28.9 Å². The highest BCUT2D eigenvalue weighted by Gasteiger charge is 2.41. The van der Waals surface area contributed by atoms with Gasteiger partial charge in [-0.3, -0.25) is 9.59 Å². The molecular weight excluding hydrogens is 332 g/mol. The van der Waals surface area contributed by atoms with Gasteiger partial charge in [0.15, 0.2) is 5.78 Å². The van der Waals surface area contributed by atoms with Gasteiger partial charge in [0.2, 0.25) is 0 Å². The summed E-state index contributed by atoms with van der Waals surface area (Å²) in [6, 6.07) is 0. The van der Waals surface area contributed by atoms with Crippen molar-refractivity contribution in [2.75, 3.05) is 14.2 Å². The Morgan fingerprint density at radius 2 is 1.77 bits per heavy atom. The minimum absolute atomic E-state index is 0.00487. The van der Waals surface area contributed by atoms with Crippen molar-refractivity contribution in [1.29, 1.82) is 0 Å². The number of carbonyl (C=O) groups is 3. The van der Waals surface area contributed by atoms with Crippen LogP contribution in [-0.4, -0.2) is 31.9 Å². The molecule has 0 radical (unpaired) electrons. The number of carbonyl (C=O) groups excluding carboxylic acids is 3. The first-order valence-electron chi connectivity index (χ1n) is 8.93. The first-order chi connectivity index (χ1) is 12.2. The second-order valence-corrected chi connectivity index (χ2v) is 7.03. The van der Waals surface area contributed by atoms with E-state index in [0.29, 0.717) is 18.4 Å². The van der Waals surface area contributed by atoms with Crippen molar-refractivity contribution in [2.24, 2.45) is 11.8 Å². The highest BCUT2D eigenvalue weighted by Crippen LogP contribution is 2.35. The summed E-state index contributed by atoms with van der Waals surface area (Å²) < 4.78 is 9.50. The fraction of sp³-hybridized carbons (Fsp3) is 0.571. The lowest BCUT2D eigenvalue weighted by Gasteiger charge is -2.28. The average molecular weight is 362 g/mol. The molecule has 0 aromatic carbocycles. The molecule has 0 bridgehead atoms. The quantitative estimate of drug-likeness (QED) is 0.297. The van der Waals surface area contributed by atoms with Gasteiger partial charge in [-0.2, -0.15) is 0 Å². The number of ketones is 1. The van der Waals surface area contributed by atoms with E-state index in [1.54, 1.807) is 6.92 Å². The van der Waals surface area contributed by atoms with Crippen molar-refractivity contribution < 1.29 is 23.9 Å². The average Bonchev–Trinajstić information content (AvgIpc) is 2.59. The molecule has 0 saturated heterocycles. The molecule has 144 valence electrons. The van der Waals surface area contributed by atoms with Crippen molar-refractivity contribution in [3.05, 3.63) is 34.4 Å². The summed E-state index contributed by atoms with van der Waals surface area (Å²) >= 11 is 0. The molecular formula is C21H30O5. The molecule has 1 rings (SSSR count). The molecule has 0 saturated carbocycles. The largest absolute Gasteiger partial charge is 0.468 e. The van der Waals surface area contributed by atoms with Crippen molar-refractivity contribution in [3.63, 3.8) is 0 Å². The lowest BCUT2D eigenvalue weighted by atomic mass is 9.75. The van der Waals surface area contributed by atoms with Crippen molar-refractivity contribution in [2.45, 2.75) is 53.4 Å². The number of allylic oxidation sites excluding steroid dienone is 5. The molecule has 0 fully saturated rings. The van der Waals surface area contributed by atoms with Gasteiger partial charge in [-0.15, -0.1) is 0 Å². The van der Waals surface area contributed by atoms with E-state index in [0.717, 1.165) is 12.8 Å². The molecule has 0 aliphatic heterocycles. The maximum Gasteiger partial charge on any atom is 0.341 e. The molecule has 0 aromatic heterocycles. The van der Waals surface area contributed by atoms with E-state index in [1.807, 2.05) is 0 Å². The predicted octanol–water partition coefficient (Wildman–Crippen LogP) is 3.94. The van der Waals surface area contributed by atoms with E-state index in [4.69, 9.17) is 9.47 Å². The van der Waals surface area contributed by atoms with Gasteiger partial charge in [0.1, 0.15) is 11.5 Å². The molecule has 0 heterocycles. The van der Waals surface area contributed by atoms with Crippen LogP contribution in [0.2, 0.25) is 0 Å². The van der Waals surface area contributed by atoms with Crippen LogP contribution in [0.4, 0.5) is 0 Å². The Morgan fingerprint density at radius 1 is 1.12 bits per heavy atom. The summed E-state index contributed by atoms with van der Waals surface area (Å²) in [5.74, 6) is -2.79. The zero-order chi connectivity index (χ0) is 19.9. The first-order valence-corrected chi connectivity index (χ1v) is 8.93. The van der Waals surface area contributed by atoms with Crippen LogP contribution in [0, 0.1) is 11.8 Å². The van der Waals surface area contributed by atoms with Gasteiger partial charge < -0.3 is 9.47 Å². The number of Topliss-reactive ketones (excluding diaryl/α,β-unsaturated/α-hetero) is 1. The molecule has 5 nitrogen and oxygen atoms in total. The number of ether oxygens (including phenoxy) is 2. The Bertz CT molecular complexity index is 647. The van der Waals surface area contributed by atoms with Gasteiger partial charge in [0, 0.05) is 0 Å². The Balaban J connectivity index is 3.02. The number of rotatable bonds is 7. The standard InChI is InChI=1S/C21H30O5/c1-13(2)8-7-9-14(3)10-11-16-12-17(20(23)25-5)19(22)18(15(16)4)21(24)26-6/h8,10,16-17H,7,9,11-12H2,1-6H3/b14-10+. The van der Waals surface area contributed by atoms with Crippen LogP contribution < -0.4 is 0 Å². The van der Waals surface area contributed by atoms with E-state index < -0.39 is 23.6 Å². The number of hydrogen-bond acceptors (Lipinski definition) is 5. The van der Waals surface area contributed by atoms with Crippen LogP contribution in [0.5, 0.6) is 0 Å². The van der Waals surface area contributed by atoms with E-state index in [1.165, 1.54) is 25.4 Å². The second-order valence-electron chi connectivity index (χ2n) is 7.03. The maximum atomic E-state index is 12.5. The summed E-state index contributed by atoms with van der Waals surface area (Å²) in [4.78, 5) is 36.6. The van der Waals surface area contributed by atoms with Gasteiger partial charge in [0.25, 0.3) is 0 Å². The van der Waals surface area contributed by atoms with Gasteiger partial charge >= 0.3 is 11.9 Å². The number of methoxy groups -OCH3 is 2. The molecule has 26 heavy (non-hydrogen) atoms. The van der Waals surface area contributed by atoms with Crippen molar-refractivity contribution in [3.8, 4) is 0 Å². The van der Waals surface area contributed by atoms with E-state index in [-0.39, 0.29) is 11.5 Å². The van der Waals surface area contributed by atoms with E-state index >= 15 is 0 Å². The smallest absolute Gasteiger partial charge is 0.341 e. The third kappa shape index (κ3) is 5.68. The normalized spacial score (nSPS) is 20.7. The lowest BCUT2D eigenvalue weighted by molar-refractivity contribution is -0.150. The summed E-state index contributed by atoms with van der Waals surface area (Å²) in [7, 11) is 2.49. The van der Waals surface area contributed by atoms with Gasteiger partial charge in [-0.25, -0.2) is 4.79 Å². The molecule has 0 N–H and O–H groups in total. The third-order valence-corrected chi connectivity index (χ3v) is 4.81. The second kappa shape index (κ2) is 10.1. The van der Waals surface area contributed by atoms with Crippen molar-refractivity contribution in [1.82, 2.24) is 0 Å². The molecule has 0 aromatic rings. The van der Waals surface area contributed by atoms with Crippen molar-refractivity contribution >= 4 is 17.7 Å². The fourth-order valence-electron chi connectivity index (χ4n) is 3.16. The minimum Gasteiger partial charge on any atom is -0.468 e. The van der Waals surface area contributed by atoms with Crippen LogP contribution in [0.3, 0.4) is 0 Å². The molecule has 2 atom stereocenters. The maximum absolute atomic E-state index is 12.5. The number of esters is 2. The van der Waals surface area contributed by atoms with Crippen LogP contribution in [0.15, 0.2) is 34.4 Å². The van der Waals surface area contributed by atoms with Gasteiger partial charge in [-0.05, 0) is 59.3 Å². The fourth-order valence-corrected chi connectivity index (χ4v) is 3.16. The topological polar surface area (TPSA) is 69.7 Å². The summed E-state index contributed by atoms with van der Waals surface area (Å²) in [6.07, 6.45) is 7.31. The van der Waals surface area contributed by atoms with Crippen LogP contribution >= 0.6 is 0 Å². The summed E-state index contributed by atoms with van der Waals surface area (Å²) in [5.41, 5.74) is 3.23. The summed E-state index contributed by atoms with van der Waals surface area (Å²) in [5, 5.41) is 0. The molecule has 1 aliphatic carbocycles. The molecule has 2 unspecified atom stereocenters. The summed E-state index contributed by atoms with van der Waals surface area (Å²) in [6.45, 7) is 8.00. The Kier molecular flexibility index (Phi) is 8.49. The molecule has 0 spiro atoms. The van der Waals surface area contributed by atoms with E-state index in [9.17, 15) is 14.4 Å². The highest BCUT2D eigenvalue weighted by atomic mass is 16.5. The molecule has 1 aliphatic rings. The predicted molar refractivity (Wildman–Crippen MR) is 100 cm³/mol. The third-order valence-electron chi connectivity index (χ3n) is 4.81. The molecule has 0 amide bonds. The van der Waals surface area contributed by atoms with Crippen LogP contribution in [0.25, 0.3) is 0 Å². The lowest BCUT2D eigenvalue weighted by Crippen LogP contribution is -2.36. The minimum atomic E-state index is -0.942. The SMILES string of the molecule is COC(=O)C1=C(C)C(C/C=C(\C)CCC=C(C)C)CC(C(=O)OC)C1=O. The van der Waals surface area contributed by atoms with Crippen LogP contribution in [0.1, 0.15) is 53.4 Å². The zero-order valence-electron chi connectivity index (χ0n) is 16.7. The Labute approximate surface area is 156 Å². The monoisotopic (exact) mass is 362 g/mol. The highest BCUT2D eigenvalue weighted by molar-refractivity contribution is 6.23. The van der Waals surface area contributed by atoms with Gasteiger partial charge in [0.05, 0.1) is 14.2 Å². The first kappa shape index (κ1) is 21.9. The molecule has 5 heteroatoms. The number of hydrogen-bond donors (Lipinski definition) is 0. The van der Waals surface area contributed by atoms with E-state index in [2.05, 4.69) is 32.9 Å². The zero-order valence-corrected chi connectivity index (χ0v) is 16.7. The van der Waals surface area contributed by atoms with Crippen LogP contribution in [-0.2, 0) is 23.9 Å².